The smallest absolute Gasteiger partial charge is 0.233 e. The standard InChI is InChI=1S/C18H18Cl2N2O2/c1-11-7-12(2)18(15(20)8-11)22-17(24)9-16(23)21-10-13-3-5-14(19)6-4-13/h3-8H,9-10H2,1-2H3,(H,21,23)(H,22,24). The Morgan fingerprint density at radius 3 is 2.29 bits per heavy atom. The van der Waals surface area contributed by atoms with Crippen molar-refractivity contribution in [2.75, 3.05) is 5.32 Å². The molecule has 0 aliphatic carbocycles. The molecule has 126 valence electrons. The summed E-state index contributed by atoms with van der Waals surface area (Å²) in [5.41, 5.74) is 3.31. The third kappa shape index (κ3) is 5.25. The summed E-state index contributed by atoms with van der Waals surface area (Å²) < 4.78 is 0. The van der Waals surface area contributed by atoms with Crippen molar-refractivity contribution in [1.82, 2.24) is 5.32 Å². The number of rotatable bonds is 5. The number of aryl methyl sites for hydroxylation is 2. The van der Waals surface area contributed by atoms with Crippen LogP contribution in [0, 0.1) is 13.8 Å². The summed E-state index contributed by atoms with van der Waals surface area (Å²) in [5.74, 6) is -0.763. The summed E-state index contributed by atoms with van der Waals surface area (Å²) in [5, 5.41) is 6.49. The number of carbonyl (C=O) groups excluding carboxylic acids is 2. The van der Waals surface area contributed by atoms with E-state index in [0.29, 0.717) is 22.3 Å². The van der Waals surface area contributed by atoms with Gasteiger partial charge in [-0.25, -0.2) is 0 Å². The van der Waals surface area contributed by atoms with E-state index in [1.165, 1.54) is 0 Å². The predicted octanol–water partition coefficient (Wildman–Crippen LogP) is 4.26. The van der Waals surface area contributed by atoms with E-state index < -0.39 is 5.91 Å². The summed E-state index contributed by atoms with van der Waals surface area (Å²) in [6, 6.07) is 10.8. The van der Waals surface area contributed by atoms with Crippen LogP contribution in [-0.2, 0) is 16.1 Å². The molecule has 0 atom stereocenters. The third-order valence-electron chi connectivity index (χ3n) is 3.42. The Labute approximate surface area is 151 Å². The number of carbonyl (C=O) groups is 2. The minimum atomic E-state index is -0.405. The number of anilines is 1. The fourth-order valence-corrected chi connectivity index (χ4v) is 2.76. The van der Waals surface area contributed by atoms with Crippen molar-refractivity contribution < 1.29 is 9.59 Å². The van der Waals surface area contributed by atoms with Gasteiger partial charge in [-0.2, -0.15) is 0 Å². The van der Waals surface area contributed by atoms with Gasteiger partial charge in [0, 0.05) is 11.6 Å². The average Bonchev–Trinajstić information content (AvgIpc) is 2.50. The van der Waals surface area contributed by atoms with Gasteiger partial charge in [0.1, 0.15) is 6.42 Å². The normalized spacial score (nSPS) is 10.3. The molecule has 0 aliphatic rings. The monoisotopic (exact) mass is 364 g/mol. The van der Waals surface area contributed by atoms with E-state index in [2.05, 4.69) is 10.6 Å². The maximum absolute atomic E-state index is 12.0. The van der Waals surface area contributed by atoms with E-state index in [9.17, 15) is 9.59 Å². The highest BCUT2D eigenvalue weighted by Gasteiger charge is 2.13. The van der Waals surface area contributed by atoms with Crippen molar-refractivity contribution in [3.05, 3.63) is 63.1 Å². The van der Waals surface area contributed by atoms with Gasteiger partial charge in [0.2, 0.25) is 11.8 Å². The van der Waals surface area contributed by atoms with E-state index in [1.807, 2.05) is 32.0 Å². The minimum absolute atomic E-state index is 0.267. The Bertz CT molecular complexity index is 735. The number of benzene rings is 2. The average molecular weight is 365 g/mol. The summed E-state index contributed by atoms with van der Waals surface area (Å²) >= 11 is 11.9. The zero-order valence-corrected chi connectivity index (χ0v) is 15.0. The Morgan fingerprint density at radius 2 is 1.67 bits per heavy atom. The second kappa shape index (κ2) is 8.18. The fraction of sp³-hybridized carbons (Fsp3) is 0.222. The second-order valence-corrected chi connectivity index (χ2v) is 6.41. The topological polar surface area (TPSA) is 58.2 Å². The van der Waals surface area contributed by atoms with Crippen LogP contribution in [0.3, 0.4) is 0 Å². The molecule has 0 saturated heterocycles. The van der Waals surface area contributed by atoms with Crippen LogP contribution in [0.4, 0.5) is 5.69 Å². The summed E-state index contributed by atoms with van der Waals surface area (Å²) in [6.45, 7) is 4.12. The minimum Gasteiger partial charge on any atom is -0.352 e. The Balaban J connectivity index is 1.88. The van der Waals surface area contributed by atoms with Crippen molar-refractivity contribution in [3.8, 4) is 0 Å². The molecule has 0 unspecified atom stereocenters. The zero-order chi connectivity index (χ0) is 17.7. The Hall–Kier alpha value is -2.04. The maximum atomic E-state index is 12.0. The summed E-state index contributed by atoms with van der Waals surface area (Å²) in [6.07, 6.45) is -0.267. The summed E-state index contributed by atoms with van der Waals surface area (Å²) in [4.78, 5) is 23.9. The Kier molecular flexibility index (Phi) is 6.23. The van der Waals surface area contributed by atoms with Crippen LogP contribution in [0.1, 0.15) is 23.1 Å². The number of nitrogens with one attached hydrogen (secondary N) is 2. The van der Waals surface area contributed by atoms with E-state index >= 15 is 0 Å². The van der Waals surface area contributed by atoms with Crippen LogP contribution in [0.15, 0.2) is 36.4 Å². The molecule has 0 radical (unpaired) electrons. The molecule has 0 spiro atoms. The molecule has 2 aromatic rings. The molecule has 6 heteroatoms. The van der Waals surface area contributed by atoms with Gasteiger partial charge in [-0.3, -0.25) is 9.59 Å². The van der Waals surface area contributed by atoms with Crippen LogP contribution in [-0.4, -0.2) is 11.8 Å². The van der Waals surface area contributed by atoms with Crippen molar-refractivity contribution in [2.24, 2.45) is 0 Å². The van der Waals surface area contributed by atoms with Gasteiger partial charge in [0.05, 0.1) is 10.7 Å². The molecule has 0 bridgehead atoms. The molecule has 4 nitrogen and oxygen atoms in total. The highest BCUT2D eigenvalue weighted by Crippen LogP contribution is 2.27. The lowest BCUT2D eigenvalue weighted by Crippen LogP contribution is -2.28. The van der Waals surface area contributed by atoms with Crippen molar-refractivity contribution >= 4 is 40.7 Å². The first-order valence-corrected chi connectivity index (χ1v) is 8.18. The Morgan fingerprint density at radius 1 is 1.00 bits per heavy atom. The van der Waals surface area contributed by atoms with Crippen molar-refractivity contribution in [2.45, 2.75) is 26.8 Å². The van der Waals surface area contributed by atoms with E-state index in [0.717, 1.165) is 16.7 Å². The van der Waals surface area contributed by atoms with Crippen molar-refractivity contribution in [1.29, 1.82) is 0 Å². The van der Waals surface area contributed by atoms with E-state index in [-0.39, 0.29) is 12.3 Å². The molecule has 0 heterocycles. The van der Waals surface area contributed by atoms with Gasteiger partial charge >= 0.3 is 0 Å². The quantitative estimate of drug-likeness (QED) is 0.778. The van der Waals surface area contributed by atoms with Crippen LogP contribution in [0.5, 0.6) is 0 Å². The lowest BCUT2D eigenvalue weighted by molar-refractivity contribution is -0.126. The van der Waals surface area contributed by atoms with Crippen LogP contribution < -0.4 is 10.6 Å². The highest BCUT2D eigenvalue weighted by molar-refractivity contribution is 6.34. The lowest BCUT2D eigenvalue weighted by Gasteiger charge is -2.11. The molecule has 0 aromatic heterocycles. The fourth-order valence-electron chi connectivity index (χ4n) is 2.27. The number of halogens is 2. The van der Waals surface area contributed by atoms with Gasteiger partial charge < -0.3 is 10.6 Å². The number of amides is 2. The van der Waals surface area contributed by atoms with E-state index in [1.54, 1.807) is 18.2 Å². The van der Waals surface area contributed by atoms with E-state index in [4.69, 9.17) is 23.2 Å². The molecule has 0 fully saturated rings. The van der Waals surface area contributed by atoms with Gasteiger partial charge in [-0.1, -0.05) is 41.4 Å². The largest absolute Gasteiger partial charge is 0.352 e. The van der Waals surface area contributed by atoms with Crippen LogP contribution >= 0.6 is 23.2 Å². The molecule has 0 saturated carbocycles. The van der Waals surface area contributed by atoms with Gasteiger partial charge in [-0.15, -0.1) is 0 Å². The molecule has 0 aliphatic heterocycles. The first kappa shape index (κ1) is 18.3. The third-order valence-corrected chi connectivity index (χ3v) is 3.97. The van der Waals surface area contributed by atoms with Crippen LogP contribution in [0.2, 0.25) is 10.0 Å². The molecule has 24 heavy (non-hydrogen) atoms. The number of hydrogen-bond acceptors (Lipinski definition) is 2. The molecule has 2 aromatic carbocycles. The molecular weight excluding hydrogens is 347 g/mol. The van der Waals surface area contributed by atoms with Gasteiger partial charge in [0.15, 0.2) is 0 Å². The van der Waals surface area contributed by atoms with Crippen LogP contribution in [0.25, 0.3) is 0 Å². The second-order valence-electron chi connectivity index (χ2n) is 5.57. The maximum Gasteiger partial charge on any atom is 0.233 e. The predicted molar refractivity (Wildman–Crippen MR) is 97.5 cm³/mol. The van der Waals surface area contributed by atoms with Crippen molar-refractivity contribution in [3.63, 3.8) is 0 Å². The molecule has 2 rings (SSSR count). The molecule has 2 N–H and O–H groups in total. The summed E-state index contributed by atoms with van der Waals surface area (Å²) in [7, 11) is 0. The first-order chi connectivity index (χ1) is 11.3. The number of hydrogen-bond donors (Lipinski definition) is 2. The molecule has 2 amide bonds. The molecular formula is C18H18Cl2N2O2. The van der Waals surface area contributed by atoms with Gasteiger partial charge in [0.25, 0.3) is 0 Å². The first-order valence-electron chi connectivity index (χ1n) is 7.43. The zero-order valence-electron chi connectivity index (χ0n) is 13.5. The van der Waals surface area contributed by atoms with Gasteiger partial charge in [-0.05, 0) is 48.7 Å². The highest BCUT2D eigenvalue weighted by atomic mass is 35.5. The lowest BCUT2D eigenvalue weighted by atomic mass is 10.1. The SMILES string of the molecule is Cc1cc(C)c(NC(=O)CC(=O)NCc2ccc(Cl)cc2)c(Cl)c1.